The van der Waals surface area contributed by atoms with Gasteiger partial charge >= 0.3 is 25.0 Å². The Labute approximate surface area is 246 Å². The van der Waals surface area contributed by atoms with Gasteiger partial charge in [0, 0.05) is 4.98 Å². The second-order valence-electron chi connectivity index (χ2n) is 11.3. The monoisotopic (exact) mass is 666 g/mol. The van der Waals surface area contributed by atoms with E-state index in [0.29, 0.717) is 24.4 Å². The van der Waals surface area contributed by atoms with Gasteiger partial charge in [0.25, 0.3) is 0 Å². The predicted molar refractivity (Wildman–Crippen MR) is 147 cm³/mol. The standard InChI is InChI=1S/C23H42N2O7PSi.CHF3O3S/c1-10-28-33(26,29-11-2)15-27-21-17(5)13-25-20-12-18(32-22(25)24-21)19(31-20)14-30-34(8,9)23(6,7)16(3)4;2-1(3,4)8(5,6)7/h13,16,18-20H,10-12,14-15H2,1-9H3;(H,5,6,7)/q+1;/p-1/t18-,19+,20+;/m0./s1. The van der Waals surface area contributed by atoms with Crippen LogP contribution in [0.1, 0.15) is 59.8 Å². The average molecular weight is 667 g/mol. The molecule has 1 fully saturated rings. The van der Waals surface area contributed by atoms with Crippen LogP contribution in [0.4, 0.5) is 13.2 Å². The fourth-order valence-corrected chi connectivity index (χ4v) is 7.72. The van der Waals surface area contributed by atoms with Crippen molar-refractivity contribution in [3.8, 4) is 11.9 Å². The molecule has 3 heterocycles. The van der Waals surface area contributed by atoms with Gasteiger partial charge in [0.15, 0.2) is 24.8 Å². The summed E-state index contributed by atoms with van der Waals surface area (Å²) in [6.45, 7) is 20.1. The van der Waals surface area contributed by atoms with Crippen molar-refractivity contribution in [2.75, 3.05) is 26.2 Å². The molecule has 0 spiro atoms. The summed E-state index contributed by atoms with van der Waals surface area (Å²) in [7, 11) is -11.4. The molecule has 1 saturated heterocycles. The van der Waals surface area contributed by atoms with Gasteiger partial charge in [0.05, 0.1) is 31.8 Å². The highest BCUT2D eigenvalue weighted by Crippen LogP contribution is 2.48. The maximum absolute atomic E-state index is 12.7. The normalized spacial score (nSPS) is 21.0. The molecular formula is C24H42F3N2O10PSSi. The number of aryl methyl sites for hydroxylation is 1. The molecule has 3 atom stereocenters. The zero-order chi connectivity index (χ0) is 32.3. The largest absolute Gasteiger partial charge is 0.741 e. The van der Waals surface area contributed by atoms with E-state index < -0.39 is 31.5 Å². The number of hydrogen-bond acceptors (Lipinski definition) is 11. The van der Waals surface area contributed by atoms with Gasteiger partial charge in [-0.2, -0.15) is 17.7 Å². The van der Waals surface area contributed by atoms with Gasteiger partial charge in [0.2, 0.25) is 6.23 Å². The molecule has 0 amide bonds. The summed E-state index contributed by atoms with van der Waals surface area (Å²) in [6.07, 6.45) is 1.96. The fraction of sp³-hybridized carbons (Fsp3) is 0.833. The van der Waals surface area contributed by atoms with E-state index in [1.807, 2.05) is 17.7 Å². The van der Waals surface area contributed by atoms with E-state index in [9.17, 15) is 17.7 Å². The Balaban J connectivity index is 0.000000675. The van der Waals surface area contributed by atoms with Gasteiger partial charge in [-0.15, -0.1) is 0 Å². The van der Waals surface area contributed by atoms with Crippen molar-refractivity contribution in [3.63, 3.8) is 0 Å². The van der Waals surface area contributed by atoms with Crippen LogP contribution in [0.2, 0.25) is 18.1 Å². The highest BCUT2D eigenvalue weighted by molar-refractivity contribution is 7.86. The summed E-state index contributed by atoms with van der Waals surface area (Å²) in [5.41, 5.74) is -4.87. The molecule has 1 aromatic rings. The fourth-order valence-electron chi connectivity index (χ4n) is 4.09. The van der Waals surface area contributed by atoms with Gasteiger partial charge in [-0.3, -0.25) is 4.57 Å². The van der Waals surface area contributed by atoms with E-state index in [-0.39, 0.29) is 43.0 Å². The number of ether oxygens (including phenoxy) is 3. The van der Waals surface area contributed by atoms with E-state index in [2.05, 4.69) is 45.8 Å². The number of alkyl halides is 3. The first-order chi connectivity index (χ1) is 19.1. The maximum Gasteiger partial charge on any atom is 0.504 e. The summed E-state index contributed by atoms with van der Waals surface area (Å²) < 4.78 is 109. The Morgan fingerprint density at radius 2 is 1.76 bits per heavy atom. The molecule has 2 aliphatic rings. The maximum atomic E-state index is 12.7. The van der Waals surface area contributed by atoms with E-state index >= 15 is 0 Å². The molecule has 12 nitrogen and oxygen atoms in total. The highest BCUT2D eigenvalue weighted by atomic mass is 32.2. The summed E-state index contributed by atoms with van der Waals surface area (Å²) >= 11 is 0. The summed E-state index contributed by atoms with van der Waals surface area (Å²) in [6, 6.07) is 0.422. The molecule has 18 heteroatoms. The SMILES string of the molecule is CCOP(=O)(COc1nc2[n+](cc1C)[C@H]1C[C@H](O2)[C@@H](CO[Si](C)(C)C(C)(C)C(C)C)O1)OCC.O=S(=O)([O-])C(F)(F)F. The van der Waals surface area contributed by atoms with Crippen molar-refractivity contribution in [2.45, 2.75) is 97.0 Å². The molecule has 2 bridgehead atoms. The third kappa shape index (κ3) is 8.86. The minimum atomic E-state index is -6.09. The summed E-state index contributed by atoms with van der Waals surface area (Å²) in [5.74, 6) is 0.868. The average Bonchev–Trinajstić information content (AvgIpc) is 3.18. The first-order valence-electron chi connectivity index (χ1n) is 13.5. The smallest absolute Gasteiger partial charge is 0.504 e. The van der Waals surface area contributed by atoms with Crippen LogP contribution in [-0.2, 0) is 32.9 Å². The number of aromatic nitrogens is 2. The van der Waals surface area contributed by atoms with E-state index in [0.717, 1.165) is 12.0 Å². The molecule has 42 heavy (non-hydrogen) atoms. The van der Waals surface area contributed by atoms with Crippen LogP contribution >= 0.6 is 7.60 Å². The third-order valence-electron chi connectivity index (χ3n) is 7.73. The van der Waals surface area contributed by atoms with Gasteiger partial charge in [-0.1, -0.05) is 27.7 Å². The highest BCUT2D eigenvalue weighted by Gasteiger charge is 2.50. The van der Waals surface area contributed by atoms with Crippen molar-refractivity contribution < 1.29 is 63.0 Å². The van der Waals surface area contributed by atoms with Crippen molar-refractivity contribution in [3.05, 3.63) is 11.8 Å². The van der Waals surface area contributed by atoms with E-state index in [1.165, 1.54) is 0 Å². The molecule has 0 N–H and O–H groups in total. The quantitative estimate of drug-likeness (QED) is 0.0972. The van der Waals surface area contributed by atoms with Crippen molar-refractivity contribution in [1.29, 1.82) is 0 Å². The lowest BCUT2D eigenvalue weighted by Gasteiger charge is -2.43. The van der Waals surface area contributed by atoms with Crippen molar-refractivity contribution >= 4 is 26.0 Å². The zero-order valence-corrected chi connectivity index (χ0v) is 28.1. The van der Waals surface area contributed by atoms with Crippen LogP contribution in [0.25, 0.3) is 0 Å². The summed E-state index contributed by atoms with van der Waals surface area (Å²) in [4.78, 5) is 4.56. The minimum absolute atomic E-state index is 0.132. The third-order valence-corrected chi connectivity index (χ3v) is 14.6. The zero-order valence-electron chi connectivity index (χ0n) is 25.4. The molecule has 1 aromatic heterocycles. The van der Waals surface area contributed by atoms with E-state index in [1.54, 1.807) is 13.8 Å². The molecule has 3 rings (SSSR count). The van der Waals surface area contributed by atoms with Gasteiger partial charge < -0.3 is 32.2 Å². The Morgan fingerprint density at radius 1 is 1.21 bits per heavy atom. The number of hydrogen-bond donors (Lipinski definition) is 0. The van der Waals surface area contributed by atoms with Crippen LogP contribution in [0.15, 0.2) is 6.20 Å². The van der Waals surface area contributed by atoms with Crippen LogP contribution < -0.4 is 14.0 Å². The van der Waals surface area contributed by atoms with Crippen LogP contribution in [0, 0.1) is 12.8 Å². The lowest BCUT2D eigenvalue weighted by atomic mass is 9.99. The van der Waals surface area contributed by atoms with Gasteiger partial charge in [0.1, 0.15) is 18.4 Å². The first kappa shape index (κ1) is 36.9. The van der Waals surface area contributed by atoms with E-state index in [4.69, 9.17) is 40.7 Å². The minimum Gasteiger partial charge on any atom is -0.741 e. The number of rotatable bonds is 12. The topological polar surface area (TPSA) is 146 Å². The molecule has 0 radical (unpaired) electrons. The Bertz CT molecular complexity index is 1220. The van der Waals surface area contributed by atoms with Crippen LogP contribution in [0.5, 0.6) is 11.9 Å². The Hall–Kier alpha value is -1.33. The summed E-state index contributed by atoms with van der Waals surface area (Å²) in [5, 5.41) is 0.132. The molecule has 0 unspecified atom stereocenters. The molecule has 2 aliphatic heterocycles. The lowest BCUT2D eigenvalue weighted by molar-refractivity contribution is -0.769. The molecular weight excluding hydrogens is 624 g/mol. The lowest BCUT2D eigenvalue weighted by Crippen LogP contribution is -2.48. The Morgan fingerprint density at radius 3 is 2.24 bits per heavy atom. The number of halogens is 3. The Kier molecular flexibility index (Phi) is 12.1. The van der Waals surface area contributed by atoms with Gasteiger partial charge in [-0.05, 0) is 44.8 Å². The molecule has 0 aliphatic carbocycles. The number of fused-ring (bicyclic) bond motifs is 4. The van der Waals surface area contributed by atoms with Crippen molar-refractivity contribution in [2.24, 2.45) is 5.92 Å². The predicted octanol–water partition coefficient (Wildman–Crippen LogP) is 5.04. The molecule has 244 valence electrons. The first-order valence-corrected chi connectivity index (χ1v) is 19.5. The second kappa shape index (κ2) is 13.8. The molecule has 0 aromatic carbocycles. The molecule has 0 saturated carbocycles. The van der Waals surface area contributed by atoms with Gasteiger partial charge in [-0.25, -0.2) is 8.42 Å². The van der Waals surface area contributed by atoms with Crippen LogP contribution in [-0.4, -0.2) is 70.2 Å². The van der Waals surface area contributed by atoms with Crippen LogP contribution in [0.3, 0.4) is 0 Å². The number of nitrogens with zero attached hydrogens (tertiary/aromatic N) is 2. The second-order valence-corrected chi connectivity index (χ2v) is 19.2. The van der Waals surface area contributed by atoms with Crippen molar-refractivity contribution in [1.82, 2.24) is 4.98 Å².